The summed E-state index contributed by atoms with van der Waals surface area (Å²) in [6, 6.07) is 6.27. The molecule has 0 spiro atoms. The zero-order valence-electron chi connectivity index (χ0n) is 14.7. The van der Waals surface area contributed by atoms with Gasteiger partial charge < -0.3 is 15.0 Å². The molecule has 1 aliphatic rings. The van der Waals surface area contributed by atoms with Gasteiger partial charge in [-0.05, 0) is 36.8 Å². The van der Waals surface area contributed by atoms with Crippen LogP contribution in [0.2, 0.25) is 5.02 Å². The first-order chi connectivity index (χ1) is 12.9. The molecule has 1 saturated heterocycles. The SMILES string of the molecule is CCOC(=O)CC1C(=O)NCCN1C(=S)NC(=O)C=Cc1ccccc1Cl. The van der Waals surface area contributed by atoms with E-state index in [0.717, 1.165) is 0 Å². The smallest absolute Gasteiger partial charge is 0.308 e. The van der Waals surface area contributed by atoms with Gasteiger partial charge in [0.25, 0.3) is 0 Å². The van der Waals surface area contributed by atoms with E-state index in [1.807, 2.05) is 0 Å². The normalized spacial score (nSPS) is 16.7. The third-order valence-corrected chi connectivity index (χ3v) is 4.49. The van der Waals surface area contributed by atoms with Crippen LogP contribution in [0, 0.1) is 0 Å². The highest BCUT2D eigenvalue weighted by Gasteiger charge is 2.33. The lowest BCUT2D eigenvalue weighted by atomic mass is 10.1. The first-order valence-corrected chi connectivity index (χ1v) is 9.18. The largest absolute Gasteiger partial charge is 0.466 e. The molecular weight excluding hydrogens is 390 g/mol. The van der Waals surface area contributed by atoms with E-state index < -0.39 is 17.9 Å². The van der Waals surface area contributed by atoms with Crippen molar-refractivity contribution < 1.29 is 19.1 Å². The first-order valence-electron chi connectivity index (χ1n) is 8.40. The molecule has 1 unspecified atom stereocenters. The minimum Gasteiger partial charge on any atom is -0.466 e. The quantitative estimate of drug-likeness (QED) is 0.435. The third kappa shape index (κ3) is 6.04. The lowest BCUT2D eigenvalue weighted by Gasteiger charge is -2.36. The van der Waals surface area contributed by atoms with Gasteiger partial charge in [0.2, 0.25) is 11.8 Å². The van der Waals surface area contributed by atoms with Crippen LogP contribution >= 0.6 is 23.8 Å². The number of carbonyl (C=O) groups excluding carboxylic acids is 3. The van der Waals surface area contributed by atoms with Crippen LogP contribution in [0.25, 0.3) is 6.08 Å². The van der Waals surface area contributed by atoms with E-state index in [1.54, 1.807) is 37.3 Å². The minimum atomic E-state index is -0.821. The highest BCUT2D eigenvalue weighted by Crippen LogP contribution is 2.16. The van der Waals surface area contributed by atoms with Gasteiger partial charge in [0.15, 0.2) is 5.11 Å². The number of hydrogen-bond donors (Lipinski definition) is 2. The summed E-state index contributed by atoms with van der Waals surface area (Å²) in [6.45, 7) is 2.65. The molecule has 0 aliphatic carbocycles. The van der Waals surface area contributed by atoms with Crippen molar-refractivity contribution in [1.29, 1.82) is 0 Å². The van der Waals surface area contributed by atoms with Crippen molar-refractivity contribution in [3.05, 3.63) is 40.9 Å². The van der Waals surface area contributed by atoms with Crippen LogP contribution in [-0.4, -0.2) is 53.5 Å². The fraction of sp³-hybridized carbons (Fsp3) is 0.333. The predicted octanol–water partition coefficient (Wildman–Crippen LogP) is 1.51. The molecule has 1 aliphatic heterocycles. The molecule has 0 radical (unpaired) electrons. The van der Waals surface area contributed by atoms with Crippen LogP contribution in [0.3, 0.4) is 0 Å². The number of halogens is 1. The van der Waals surface area contributed by atoms with E-state index >= 15 is 0 Å². The Hall–Kier alpha value is -2.45. The highest BCUT2D eigenvalue weighted by atomic mass is 35.5. The second kappa shape index (κ2) is 10.0. The molecule has 0 aromatic heterocycles. The fourth-order valence-electron chi connectivity index (χ4n) is 2.53. The number of benzene rings is 1. The van der Waals surface area contributed by atoms with Gasteiger partial charge in [-0.2, -0.15) is 0 Å². The molecule has 0 bridgehead atoms. The highest BCUT2D eigenvalue weighted by molar-refractivity contribution is 7.80. The lowest BCUT2D eigenvalue weighted by Crippen LogP contribution is -2.60. The van der Waals surface area contributed by atoms with Gasteiger partial charge in [-0.1, -0.05) is 29.8 Å². The average molecular weight is 410 g/mol. The molecule has 0 saturated carbocycles. The van der Waals surface area contributed by atoms with Crippen LogP contribution in [0.1, 0.15) is 18.9 Å². The van der Waals surface area contributed by atoms with Crippen LogP contribution in [0.15, 0.2) is 30.3 Å². The van der Waals surface area contributed by atoms with Crippen molar-refractivity contribution >= 4 is 52.8 Å². The number of rotatable bonds is 5. The molecule has 1 aromatic rings. The number of amides is 2. The maximum absolute atomic E-state index is 12.1. The first kappa shape index (κ1) is 20.9. The number of hydrogen-bond acceptors (Lipinski definition) is 5. The van der Waals surface area contributed by atoms with Gasteiger partial charge >= 0.3 is 5.97 Å². The Balaban J connectivity index is 2.01. The van der Waals surface area contributed by atoms with Crippen molar-refractivity contribution in [2.24, 2.45) is 0 Å². The summed E-state index contributed by atoms with van der Waals surface area (Å²) >= 11 is 11.3. The van der Waals surface area contributed by atoms with Crippen molar-refractivity contribution in [2.45, 2.75) is 19.4 Å². The summed E-state index contributed by atoms with van der Waals surface area (Å²) in [6.07, 6.45) is 2.72. The summed E-state index contributed by atoms with van der Waals surface area (Å²) in [5.41, 5.74) is 0.692. The molecule has 144 valence electrons. The summed E-state index contributed by atoms with van der Waals surface area (Å²) in [5.74, 6) is -1.30. The summed E-state index contributed by atoms with van der Waals surface area (Å²) in [7, 11) is 0. The Morgan fingerprint density at radius 2 is 2.19 bits per heavy atom. The second-order valence-corrected chi connectivity index (χ2v) is 6.45. The van der Waals surface area contributed by atoms with Crippen molar-refractivity contribution in [1.82, 2.24) is 15.5 Å². The van der Waals surface area contributed by atoms with Crippen LogP contribution in [0.4, 0.5) is 0 Å². The van der Waals surface area contributed by atoms with Gasteiger partial charge in [0, 0.05) is 24.2 Å². The Morgan fingerprint density at radius 1 is 1.44 bits per heavy atom. The van der Waals surface area contributed by atoms with Crippen LogP contribution in [-0.2, 0) is 19.1 Å². The van der Waals surface area contributed by atoms with Crippen LogP contribution < -0.4 is 10.6 Å². The van der Waals surface area contributed by atoms with E-state index in [4.69, 9.17) is 28.6 Å². The number of ether oxygens (including phenoxy) is 1. The number of esters is 1. The van der Waals surface area contributed by atoms with Gasteiger partial charge in [-0.15, -0.1) is 0 Å². The third-order valence-electron chi connectivity index (χ3n) is 3.81. The Kier molecular flexibility index (Phi) is 7.75. The molecule has 2 rings (SSSR count). The monoisotopic (exact) mass is 409 g/mol. The van der Waals surface area contributed by atoms with E-state index in [2.05, 4.69) is 10.6 Å². The van der Waals surface area contributed by atoms with Gasteiger partial charge in [0.05, 0.1) is 13.0 Å². The Labute approximate surface area is 167 Å². The van der Waals surface area contributed by atoms with Gasteiger partial charge in [-0.3, -0.25) is 19.7 Å². The number of carbonyl (C=O) groups is 3. The maximum Gasteiger partial charge on any atom is 0.308 e. The molecule has 1 aromatic carbocycles. The second-order valence-electron chi connectivity index (χ2n) is 5.66. The number of thiocarbonyl (C=S) groups is 1. The lowest BCUT2D eigenvalue weighted by molar-refractivity contribution is -0.147. The molecule has 1 fully saturated rings. The van der Waals surface area contributed by atoms with E-state index in [1.165, 1.54) is 11.0 Å². The van der Waals surface area contributed by atoms with E-state index in [0.29, 0.717) is 23.7 Å². The summed E-state index contributed by atoms with van der Waals surface area (Å²) in [5, 5.41) is 5.83. The zero-order valence-corrected chi connectivity index (χ0v) is 16.3. The molecule has 2 amide bonds. The maximum atomic E-state index is 12.1. The minimum absolute atomic E-state index is 0.0768. The molecule has 1 heterocycles. The van der Waals surface area contributed by atoms with Crippen molar-refractivity contribution in [3.63, 3.8) is 0 Å². The molecule has 7 nitrogen and oxygen atoms in total. The van der Waals surface area contributed by atoms with Crippen molar-refractivity contribution in [3.8, 4) is 0 Å². The summed E-state index contributed by atoms with van der Waals surface area (Å²) in [4.78, 5) is 37.5. The zero-order chi connectivity index (χ0) is 19.8. The molecular formula is C18H20ClN3O4S. The number of nitrogens with one attached hydrogen (secondary N) is 2. The summed E-state index contributed by atoms with van der Waals surface area (Å²) < 4.78 is 4.90. The van der Waals surface area contributed by atoms with Gasteiger partial charge in [-0.25, -0.2) is 0 Å². The molecule has 2 N–H and O–H groups in total. The number of piperazine rings is 1. The van der Waals surface area contributed by atoms with Crippen molar-refractivity contribution in [2.75, 3.05) is 19.7 Å². The van der Waals surface area contributed by atoms with E-state index in [-0.39, 0.29) is 24.0 Å². The molecule has 1 atom stereocenters. The Morgan fingerprint density at radius 3 is 2.89 bits per heavy atom. The average Bonchev–Trinajstić information content (AvgIpc) is 2.63. The molecule has 27 heavy (non-hydrogen) atoms. The molecule has 9 heteroatoms. The standard InChI is InChI=1S/C18H20ClN3O4S/c1-2-26-16(24)11-14-17(25)20-9-10-22(14)18(27)21-15(23)8-7-12-5-3-4-6-13(12)19/h3-8,14H,2,9-11H2,1H3,(H,20,25)(H,21,23,27). The fourth-order valence-corrected chi connectivity index (χ4v) is 3.05. The number of nitrogens with zero attached hydrogens (tertiary/aromatic N) is 1. The Bertz CT molecular complexity index is 769. The van der Waals surface area contributed by atoms with Crippen LogP contribution in [0.5, 0.6) is 0 Å². The van der Waals surface area contributed by atoms with E-state index in [9.17, 15) is 14.4 Å². The predicted molar refractivity (Wildman–Crippen MR) is 106 cm³/mol. The van der Waals surface area contributed by atoms with Gasteiger partial charge in [0.1, 0.15) is 6.04 Å². The topological polar surface area (TPSA) is 87.7 Å².